The summed E-state index contributed by atoms with van der Waals surface area (Å²) in [7, 11) is 0. The Bertz CT molecular complexity index is 637. The second kappa shape index (κ2) is 4.78. The smallest absolute Gasteiger partial charge is 0.134 e. The van der Waals surface area contributed by atoms with Gasteiger partial charge >= 0.3 is 0 Å². The molecule has 3 N–H and O–H groups in total. The normalized spacial score (nSPS) is 15.1. The SMILES string of the molecule is Cc1ccc(F)c2c(NN)c3c(nc12)CCCCC3. The van der Waals surface area contributed by atoms with E-state index in [9.17, 15) is 4.39 Å². The van der Waals surface area contributed by atoms with Crippen LogP contribution in [0.2, 0.25) is 0 Å². The molecule has 1 aromatic carbocycles. The highest BCUT2D eigenvalue weighted by Gasteiger charge is 2.19. The van der Waals surface area contributed by atoms with Gasteiger partial charge in [-0.2, -0.15) is 0 Å². The number of nitrogen functional groups attached to an aromatic ring is 1. The number of nitrogens with two attached hydrogens (primary N) is 1. The fourth-order valence-electron chi connectivity index (χ4n) is 2.96. The van der Waals surface area contributed by atoms with Crippen LogP contribution in [0.4, 0.5) is 10.1 Å². The molecule has 0 bridgehead atoms. The van der Waals surface area contributed by atoms with Crippen LogP contribution < -0.4 is 11.3 Å². The molecule has 1 aliphatic rings. The van der Waals surface area contributed by atoms with Crippen molar-refractivity contribution in [1.29, 1.82) is 0 Å². The summed E-state index contributed by atoms with van der Waals surface area (Å²) in [5.74, 6) is 5.41. The van der Waals surface area contributed by atoms with E-state index in [1.54, 1.807) is 6.07 Å². The highest BCUT2D eigenvalue weighted by Crippen LogP contribution is 2.34. The minimum absolute atomic E-state index is 0.256. The van der Waals surface area contributed by atoms with Crippen molar-refractivity contribution >= 4 is 16.6 Å². The van der Waals surface area contributed by atoms with Crippen LogP contribution in [0, 0.1) is 12.7 Å². The standard InChI is InChI=1S/C15H18FN3/c1-9-7-8-11(16)13-14(9)18-12-6-4-2-3-5-10(12)15(13)19-17/h7-8H,2-6,17H2,1H3,(H,18,19). The molecular formula is C15H18FN3. The number of fused-ring (bicyclic) bond motifs is 2. The second-order valence-electron chi connectivity index (χ2n) is 5.20. The highest BCUT2D eigenvalue weighted by atomic mass is 19.1. The van der Waals surface area contributed by atoms with Crippen LogP contribution >= 0.6 is 0 Å². The minimum Gasteiger partial charge on any atom is -0.323 e. The number of halogens is 1. The molecule has 0 fully saturated rings. The van der Waals surface area contributed by atoms with Gasteiger partial charge in [0.05, 0.1) is 16.6 Å². The van der Waals surface area contributed by atoms with Crippen molar-refractivity contribution in [2.24, 2.45) is 5.84 Å². The molecular weight excluding hydrogens is 241 g/mol. The third-order valence-electron chi connectivity index (χ3n) is 3.96. The van der Waals surface area contributed by atoms with Crippen molar-refractivity contribution in [2.45, 2.75) is 39.0 Å². The topological polar surface area (TPSA) is 50.9 Å². The van der Waals surface area contributed by atoms with Gasteiger partial charge in [-0.05, 0) is 49.8 Å². The summed E-state index contributed by atoms with van der Waals surface area (Å²) < 4.78 is 14.1. The monoisotopic (exact) mass is 259 g/mol. The Morgan fingerprint density at radius 2 is 2.00 bits per heavy atom. The number of nitrogens with one attached hydrogen (secondary N) is 1. The molecule has 0 spiro atoms. The number of hydrazine groups is 1. The van der Waals surface area contributed by atoms with Gasteiger partial charge in [-0.1, -0.05) is 12.5 Å². The van der Waals surface area contributed by atoms with Crippen LogP contribution in [0.15, 0.2) is 12.1 Å². The lowest BCUT2D eigenvalue weighted by Crippen LogP contribution is -2.13. The first-order valence-electron chi connectivity index (χ1n) is 6.79. The van der Waals surface area contributed by atoms with Crippen LogP contribution in [0.3, 0.4) is 0 Å². The summed E-state index contributed by atoms with van der Waals surface area (Å²) in [6.07, 6.45) is 5.32. The zero-order chi connectivity index (χ0) is 13.4. The molecule has 3 rings (SSSR count). The van der Waals surface area contributed by atoms with Crippen LogP contribution in [-0.2, 0) is 12.8 Å². The van der Waals surface area contributed by atoms with Gasteiger partial charge in [0.2, 0.25) is 0 Å². The van der Waals surface area contributed by atoms with Crippen LogP contribution in [0.25, 0.3) is 10.9 Å². The van der Waals surface area contributed by atoms with Gasteiger partial charge in [0.25, 0.3) is 0 Å². The van der Waals surface area contributed by atoms with E-state index in [0.29, 0.717) is 5.39 Å². The molecule has 19 heavy (non-hydrogen) atoms. The van der Waals surface area contributed by atoms with Gasteiger partial charge in [0, 0.05) is 5.69 Å². The third kappa shape index (κ3) is 1.96. The van der Waals surface area contributed by atoms with Crippen molar-refractivity contribution in [2.75, 3.05) is 5.43 Å². The predicted molar refractivity (Wildman–Crippen MR) is 75.5 cm³/mol. The Balaban J connectivity index is 2.39. The van der Waals surface area contributed by atoms with Gasteiger partial charge in [-0.15, -0.1) is 0 Å². The summed E-state index contributed by atoms with van der Waals surface area (Å²) in [6, 6.07) is 3.26. The van der Waals surface area contributed by atoms with Gasteiger partial charge in [-0.25, -0.2) is 4.39 Å². The zero-order valence-electron chi connectivity index (χ0n) is 11.1. The van der Waals surface area contributed by atoms with E-state index in [-0.39, 0.29) is 5.82 Å². The Morgan fingerprint density at radius 1 is 1.21 bits per heavy atom. The summed E-state index contributed by atoms with van der Waals surface area (Å²) in [4.78, 5) is 4.71. The molecule has 1 aromatic heterocycles. The lowest BCUT2D eigenvalue weighted by atomic mass is 10.00. The Morgan fingerprint density at radius 3 is 2.79 bits per heavy atom. The number of aryl methyl sites for hydroxylation is 2. The maximum atomic E-state index is 14.1. The number of hydrogen-bond donors (Lipinski definition) is 2. The molecule has 0 atom stereocenters. The Kier molecular flexibility index (Phi) is 3.11. The number of nitrogens with zero attached hydrogens (tertiary/aromatic N) is 1. The van der Waals surface area contributed by atoms with Crippen LogP contribution in [0.1, 0.15) is 36.1 Å². The van der Waals surface area contributed by atoms with Gasteiger partial charge in [-0.3, -0.25) is 10.8 Å². The molecule has 0 unspecified atom stereocenters. The number of hydrogen-bond acceptors (Lipinski definition) is 3. The molecule has 2 aromatic rings. The number of rotatable bonds is 1. The largest absolute Gasteiger partial charge is 0.323 e. The number of pyridine rings is 1. The second-order valence-corrected chi connectivity index (χ2v) is 5.20. The number of anilines is 1. The lowest BCUT2D eigenvalue weighted by Gasteiger charge is -2.16. The lowest BCUT2D eigenvalue weighted by molar-refractivity contribution is 0.639. The van der Waals surface area contributed by atoms with Crippen molar-refractivity contribution < 1.29 is 4.39 Å². The molecule has 1 aliphatic carbocycles. The molecule has 0 aliphatic heterocycles. The van der Waals surface area contributed by atoms with Crippen LogP contribution in [0.5, 0.6) is 0 Å². The van der Waals surface area contributed by atoms with Crippen molar-refractivity contribution in [3.05, 3.63) is 34.8 Å². The summed E-state index contributed by atoms with van der Waals surface area (Å²) in [5, 5.41) is 0.531. The number of aromatic nitrogens is 1. The molecule has 4 heteroatoms. The average Bonchev–Trinajstić information content (AvgIpc) is 2.66. The molecule has 3 nitrogen and oxygen atoms in total. The highest BCUT2D eigenvalue weighted by molar-refractivity contribution is 5.95. The van der Waals surface area contributed by atoms with Crippen LogP contribution in [-0.4, -0.2) is 4.98 Å². The van der Waals surface area contributed by atoms with Gasteiger partial charge in [0.1, 0.15) is 5.82 Å². The maximum Gasteiger partial charge on any atom is 0.134 e. The molecule has 0 saturated heterocycles. The van der Waals surface area contributed by atoms with E-state index >= 15 is 0 Å². The predicted octanol–water partition coefficient (Wildman–Crippen LogP) is 3.24. The quantitative estimate of drug-likeness (QED) is 0.469. The molecule has 100 valence electrons. The molecule has 0 amide bonds. The van der Waals surface area contributed by atoms with Crippen molar-refractivity contribution in [3.63, 3.8) is 0 Å². The van der Waals surface area contributed by atoms with E-state index < -0.39 is 0 Å². The van der Waals surface area contributed by atoms with Crippen molar-refractivity contribution in [1.82, 2.24) is 4.98 Å². The first-order chi connectivity index (χ1) is 9.22. The van der Waals surface area contributed by atoms with E-state index in [1.165, 1.54) is 12.5 Å². The van der Waals surface area contributed by atoms with Gasteiger partial charge in [0.15, 0.2) is 0 Å². The van der Waals surface area contributed by atoms with Gasteiger partial charge < -0.3 is 5.43 Å². The fourth-order valence-corrected chi connectivity index (χ4v) is 2.96. The number of benzene rings is 1. The fraction of sp³-hybridized carbons (Fsp3) is 0.400. The maximum absolute atomic E-state index is 14.1. The molecule has 0 radical (unpaired) electrons. The third-order valence-corrected chi connectivity index (χ3v) is 3.96. The summed E-state index contributed by atoms with van der Waals surface area (Å²) in [6.45, 7) is 1.96. The summed E-state index contributed by atoms with van der Waals surface area (Å²) >= 11 is 0. The zero-order valence-corrected chi connectivity index (χ0v) is 11.1. The Labute approximate surface area is 112 Å². The van der Waals surface area contributed by atoms with Crippen molar-refractivity contribution in [3.8, 4) is 0 Å². The molecule has 0 saturated carbocycles. The summed E-state index contributed by atoms with van der Waals surface area (Å²) in [5.41, 5.74) is 7.33. The minimum atomic E-state index is -0.256. The van der Waals surface area contributed by atoms with E-state index in [0.717, 1.165) is 53.7 Å². The Hall–Kier alpha value is -1.68. The molecule has 1 heterocycles. The van der Waals surface area contributed by atoms with E-state index in [4.69, 9.17) is 10.8 Å². The first-order valence-corrected chi connectivity index (χ1v) is 6.79. The average molecular weight is 259 g/mol. The van der Waals surface area contributed by atoms with E-state index in [2.05, 4.69) is 5.43 Å². The first kappa shape index (κ1) is 12.4. The van der Waals surface area contributed by atoms with E-state index in [1.807, 2.05) is 6.92 Å².